The summed E-state index contributed by atoms with van der Waals surface area (Å²) in [7, 11) is 0. The number of aryl methyl sites for hydroxylation is 1. The van der Waals surface area contributed by atoms with E-state index in [4.69, 9.17) is 5.73 Å². The molecule has 1 aromatic heterocycles. The monoisotopic (exact) mass is 219 g/mol. The Morgan fingerprint density at radius 2 is 2.31 bits per heavy atom. The first-order valence-corrected chi connectivity index (χ1v) is 5.75. The summed E-state index contributed by atoms with van der Waals surface area (Å²) in [6, 6.07) is 4.31. The topological polar surface area (TPSA) is 50.9 Å². The second-order valence-electron chi connectivity index (χ2n) is 3.83. The van der Waals surface area contributed by atoms with Gasteiger partial charge in [-0.25, -0.2) is 0 Å². The summed E-state index contributed by atoms with van der Waals surface area (Å²) in [5.41, 5.74) is 7.95. The first-order valence-electron chi connectivity index (χ1n) is 5.75. The molecule has 88 valence electrons. The van der Waals surface area contributed by atoms with Gasteiger partial charge in [-0.2, -0.15) is 0 Å². The summed E-state index contributed by atoms with van der Waals surface area (Å²) in [5.74, 6) is 0. The summed E-state index contributed by atoms with van der Waals surface area (Å²) in [6.07, 6.45) is 7.14. The number of hydrogen-bond donors (Lipinski definition) is 2. The van der Waals surface area contributed by atoms with E-state index >= 15 is 0 Å². The smallest absolute Gasteiger partial charge is 0.0459 e. The summed E-state index contributed by atoms with van der Waals surface area (Å²) < 4.78 is 0. The van der Waals surface area contributed by atoms with E-state index in [9.17, 15) is 0 Å². The minimum atomic E-state index is 0.207. The number of rotatable bonds is 6. The van der Waals surface area contributed by atoms with E-state index in [0.29, 0.717) is 6.54 Å². The zero-order valence-electron chi connectivity index (χ0n) is 10.1. The quantitative estimate of drug-likeness (QED) is 0.568. The van der Waals surface area contributed by atoms with E-state index in [1.54, 1.807) is 0 Å². The van der Waals surface area contributed by atoms with E-state index < -0.39 is 0 Å². The van der Waals surface area contributed by atoms with Crippen molar-refractivity contribution in [2.45, 2.75) is 26.3 Å². The second-order valence-corrected chi connectivity index (χ2v) is 3.83. The van der Waals surface area contributed by atoms with Crippen molar-refractivity contribution in [1.29, 1.82) is 0 Å². The lowest BCUT2D eigenvalue weighted by molar-refractivity contribution is 0.546. The number of hydrogen-bond acceptors (Lipinski definition) is 3. The lowest BCUT2D eigenvalue weighted by Crippen LogP contribution is -2.28. The molecule has 0 radical (unpaired) electrons. The highest BCUT2D eigenvalue weighted by atomic mass is 14.9. The minimum absolute atomic E-state index is 0.207. The molecule has 0 aromatic carbocycles. The van der Waals surface area contributed by atoms with Crippen LogP contribution in [0, 0.1) is 6.92 Å². The normalized spacial score (nSPS) is 13.2. The van der Waals surface area contributed by atoms with Crippen LogP contribution in [0.25, 0.3) is 0 Å². The Balaban J connectivity index is 2.50. The highest BCUT2D eigenvalue weighted by Gasteiger charge is 2.07. The zero-order valence-corrected chi connectivity index (χ0v) is 10.1. The maximum atomic E-state index is 5.75. The molecule has 1 atom stereocenters. The molecule has 0 saturated carbocycles. The Kier molecular flexibility index (Phi) is 5.75. The number of pyridine rings is 1. The molecule has 0 bridgehead atoms. The van der Waals surface area contributed by atoms with Gasteiger partial charge >= 0.3 is 0 Å². The molecular formula is C13H21N3. The molecule has 0 spiro atoms. The fourth-order valence-corrected chi connectivity index (χ4v) is 1.53. The molecule has 1 unspecified atom stereocenters. The predicted molar refractivity (Wildman–Crippen MR) is 68.2 cm³/mol. The molecule has 0 aliphatic heterocycles. The second kappa shape index (κ2) is 7.14. The van der Waals surface area contributed by atoms with Gasteiger partial charge in [0.25, 0.3) is 0 Å². The molecular weight excluding hydrogens is 198 g/mol. The van der Waals surface area contributed by atoms with Crippen LogP contribution in [0.4, 0.5) is 0 Å². The summed E-state index contributed by atoms with van der Waals surface area (Å²) in [6.45, 7) is 5.56. The maximum absolute atomic E-state index is 5.75. The maximum Gasteiger partial charge on any atom is 0.0459 e. The molecule has 1 heterocycles. The van der Waals surface area contributed by atoms with Crippen LogP contribution in [0.3, 0.4) is 0 Å². The van der Waals surface area contributed by atoms with E-state index in [1.807, 2.05) is 26.1 Å². The Bertz CT molecular complexity index is 316. The third-order valence-corrected chi connectivity index (χ3v) is 2.51. The summed E-state index contributed by atoms with van der Waals surface area (Å²) in [4.78, 5) is 4.28. The van der Waals surface area contributed by atoms with Gasteiger partial charge in [0.2, 0.25) is 0 Å². The summed E-state index contributed by atoms with van der Waals surface area (Å²) in [5, 5.41) is 3.42. The Hall–Kier alpha value is -1.19. The van der Waals surface area contributed by atoms with E-state index in [0.717, 1.165) is 24.2 Å². The van der Waals surface area contributed by atoms with E-state index in [-0.39, 0.29) is 6.04 Å². The van der Waals surface area contributed by atoms with Gasteiger partial charge in [0, 0.05) is 24.5 Å². The van der Waals surface area contributed by atoms with Crippen molar-refractivity contribution in [3.05, 3.63) is 41.7 Å². The first-order chi connectivity index (χ1) is 7.77. The SMILES string of the molecule is C/C=C/CCNC(CN)c1ccc(C)nc1. The molecule has 1 aromatic rings. The number of nitrogens with one attached hydrogen (secondary N) is 1. The Morgan fingerprint density at radius 1 is 1.50 bits per heavy atom. The van der Waals surface area contributed by atoms with Crippen molar-refractivity contribution in [2.75, 3.05) is 13.1 Å². The molecule has 16 heavy (non-hydrogen) atoms. The van der Waals surface area contributed by atoms with Gasteiger partial charge in [0.05, 0.1) is 0 Å². The molecule has 3 nitrogen and oxygen atoms in total. The van der Waals surface area contributed by atoms with Crippen molar-refractivity contribution in [3.63, 3.8) is 0 Å². The van der Waals surface area contributed by atoms with Crippen molar-refractivity contribution in [1.82, 2.24) is 10.3 Å². The average molecular weight is 219 g/mol. The number of nitrogens with two attached hydrogens (primary N) is 1. The molecule has 0 amide bonds. The van der Waals surface area contributed by atoms with Crippen LogP contribution < -0.4 is 11.1 Å². The molecule has 3 heteroatoms. The standard InChI is InChI=1S/C13H21N3/c1-3-4-5-8-15-13(9-14)12-7-6-11(2)16-10-12/h3-4,6-7,10,13,15H,5,8-9,14H2,1-2H3/b4-3+. The minimum Gasteiger partial charge on any atom is -0.329 e. The zero-order chi connectivity index (χ0) is 11.8. The van der Waals surface area contributed by atoms with Gasteiger partial charge in [-0.3, -0.25) is 4.98 Å². The van der Waals surface area contributed by atoms with E-state index in [1.165, 1.54) is 0 Å². The Labute approximate surface area is 97.8 Å². The van der Waals surface area contributed by atoms with Crippen molar-refractivity contribution < 1.29 is 0 Å². The highest BCUT2D eigenvalue weighted by molar-refractivity contribution is 5.17. The predicted octanol–water partition coefficient (Wildman–Crippen LogP) is 1.95. The highest BCUT2D eigenvalue weighted by Crippen LogP contribution is 2.10. The van der Waals surface area contributed by atoms with Crippen LogP contribution in [0.5, 0.6) is 0 Å². The van der Waals surface area contributed by atoms with Gasteiger partial charge in [-0.1, -0.05) is 18.2 Å². The molecule has 3 N–H and O–H groups in total. The molecule has 0 aliphatic carbocycles. The first kappa shape index (κ1) is 12.9. The van der Waals surface area contributed by atoms with Gasteiger partial charge in [0.1, 0.15) is 0 Å². The number of allylic oxidation sites excluding steroid dienone is 1. The third kappa shape index (κ3) is 4.13. The van der Waals surface area contributed by atoms with E-state index in [2.05, 4.69) is 28.5 Å². The van der Waals surface area contributed by atoms with Crippen molar-refractivity contribution in [3.8, 4) is 0 Å². The molecule has 0 fully saturated rings. The van der Waals surface area contributed by atoms with Crippen molar-refractivity contribution in [2.24, 2.45) is 5.73 Å². The Morgan fingerprint density at radius 3 is 2.88 bits per heavy atom. The lowest BCUT2D eigenvalue weighted by Gasteiger charge is -2.16. The van der Waals surface area contributed by atoms with Crippen LogP contribution in [-0.2, 0) is 0 Å². The number of aromatic nitrogens is 1. The van der Waals surface area contributed by atoms with Crippen molar-refractivity contribution >= 4 is 0 Å². The summed E-state index contributed by atoms with van der Waals surface area (Å²) >= 11 is 0. The molecule has 1 rings (SSSR count). The van der Waals surface area contributed by atoms with Gasteiger partial charge in [-0.15, -0.1) is 0 Å². The van der Waals surface area contributed by atoms with Crippen LogP contribution >= 0.6 is 0 Å². The van der Waals surface area contributed by atoms with Gasteiger partial charge in [-0.05, 0) is 38.4 Å². The average Bonchev–Trinajstić information content (AvgIpc) is 2.31. The third-order valence-electron chi connectivity index (χ3n) is 2.51. The fraction of sp³-hybridized carbons (Fsp3) is 0.462. The van der Waals surface area contributed by atoms with Crippen LogP contribution in [0.15, 0.2) is 30.5 Å². The van der Waals surface area contributed by atoms with Gasteiger partial charge < -0.3 is 11.1 Å². The molecule has 0 saturated heterocycles. The number of nitrogens with zero attached hydrogens (tertiary/aromatic N) is 1. The van der Waals surface area contributed by atoms with Crippen LogP contribution in [0.1, 0.15) is 30.6 Å². The van der Waals surface area contributed by atoms with Gasteiger partial charge in [0.15, 0.2) is 0 Å². The largest absolute Gasteiger partial charge is 0.329 e. The van der Waals surface area contributed by atoms with Crippen LogP contribution in [-0.4, -0.2) is 18.1 Å². The van der Waals surface area contributed by atoms with Crippen LogP contribution in [0.2, 0.25) is 0 Å². The molecule has 0 aliphatic rings. The lowest BCUT2D eigenvalue weighted by atomic mass is 10.1. The fourth-order valence-electron chi connectivity index (χ4n) is 1.53.